The minimum absolute atomic E-state index is 0.177. The van der Waals surface area contributed by atoms with Crippen molar-refractivity contribution in [2.75, 3.05) is 18.4 Å². The number of aryl methyl sites for hydroxylation is 3. The van der Waals surface area contributed by atoms with E-state index >= 15 is 0 Å². The van der Waals surface area contributed by atoms with Crippen LogP contribution in [0, 0.1) is 20.8 Å². The Bertz CT molecular complexity index is 1300. The van der Waals surface area contributed by atoms with E-state index in [4.69, 9.17) is 9.72 Å². The molecule has 34 heavy (non-hydrogen) atoms. The van der Waals surface area contributed by atoms with Crippen molar-refractivity contribution in [2.24, 2.45) is 0 Å². The normalized spacial score (nSPS) is 14.3. The summed E-state index contributed by atoms with van der Waals surface area (Å²) < 4.78 is 6.72. The van der Waals surface area contributed by atoms with Crippen molar-refractivity contribution in [1.82, 2.24) is 19.4 Å². The summed E-state index contributed by atoms with van der Waals surface area (Å²) in [6, 6.07) is 0. The molecule has 3 aromatic rings. The average Bonchev–Trinajstić information content (AvgIpc) is 3.45. The van der Waals surface area contributed by atoms with Crippen LogP contribution in [0.25, 0.3) is 10.2 Å². The Morgan fingerprint density at radius 1 is 1.12 bits per heavy atom. The number of amides is 1. The molecule has 1 saturated heterocycles. The van der Waals surface area contributed by atoms with E-state index in [0.29, 0.717) is 33.5 Å². The standard InChI is InChI=1S/C23H29N5O4S2/c1-12(2)32-22(31)19-14(4)24-23(34-19)26-17(29)11-28-16(10-27-8-6-7-9-27)25-20-18(21(28)30)13(3)15(5)33-20/h12H,6-11H2,1-5H3,(H,24,26,29). The Kier molecular flexibility index (Phi) is 7.15. The minimum Gasteiger partial charge on any atom is -0.459 e. The van der Waals surface area contributed by atoms with Crippen molar-refractivity contribution in [3.05, 3.63) is 37.2 Å². The maximum absolute atomic E-state index is 13.5. The van der Waals surface area contributed by atoms with Gasteiger partial charge < -0.3 is 10.1 Å². The first-order valence-corrected chi connectivity index (χ1v) is 13.0. The third-order valence-corrected chi connectivity index (χ3v) is 7.96. The van der Waals surface area contributed by atoms with Crippen molar-refractivity contribution >= 4 is 49.9 Å². The van der Waals surface area contributed by atoms with Crippen LogP contribution in [0.2, 0.25) is 0 Å². The van der Waals surface area contributed by atoms with E-state index in [9.17, 15) is 14.4 Å². The summed E-state index contributed by atoms with van der Waals surface area (Å²) in [5.41, 5.74) is 1.20. The predicted molar refractivity (Wildman–Crippen MR) is 134 cm³/mol. The predicted octanol–water partition coefficient (Wildman–Crippen LogP) is 3.64. The van der Waals surface area contributed by atoms with Gasteiger partial charge in [0.15, 0.2) is 5.13 Å². The zero-order chi connectivity index (χ0) is 24.6. The van der Waals surface area contributed by atoms with E-state index in [1.54, 1.807) is 20.8 Å². The number of carbonyl (C=O) groups excluding carboxylic acids is 2. The smallest absolute Gasteiger partial charge is 0.350 e. The molecule has 9 nitrogen and oxygen atoms in total. The molecule has 0 radical (unpaired) electrons. The maximum Gasteiger partial charge on any atom is 0.350 e. The number of thiazole rings is 1. The number of rotatable bonds is 7. The molecule has 0 atom stereocenters. The minimum atomic E-state index is -0.465. The maximum atomic E-state index is 13.5. The Hall–Kier alpha value is -2.63. The molecule has 0 spiro atoms. The first kappa shape index (κ1) is 24.5. The zero-order valence-corrected chi connectivity index (χ0v) is 21.7. The van der Waals surface area contributed by atoms with Crippen LogP contribution in [0.5, 0.6) is 0 Å². The number of aromatic nitrogens is 3. The van der Waals surface area contributed by atoms with Gasteiger partial charge in [-0.25, -0.2) is 14.8 Å². The number of ether oxygens (including phenoxy) is 1. The Labute approximate surface area is 205 Å². The molecule has 0 aliphatic carbocycles. The molecule has 0 unspecified atom stereocenters. The van der Waals surface area contributed by atoms with Crippen molar-refractivity contribution in [1.29, 1.82) is 0 Å². The number of fused-ring (bicyclic) bond motifs is 1. The molecule has 1 fully saturated rings. The van der Waals surface area contributed by atoms with Gasteiger partial charge in [0.2, 0.25) is 5.91 Å². The Morgan fingerprint density at radius 3 is 2.50 bits per heavy atom. The van der Waals surface area contributed by atoms with Gasteiger partial charge in [-0.1, -0.05) is 11.3 Å². The van der Waals surface area contributed by atoms with Crippen LogP contribution in [-0.2, 0) is 22.6 Å². The van der Waals surface area contributed by atoms with E-state index in [1.807, 2.05) is 13.8 Å². The van der Waals surface area contributed by atoms with Crippen LogP contribution in [0.15, 0.2) is 4.79 Å². The molecular formula is C23H29N5O4S2. The molecule has 3 aromatic heterocycles. The summed E-state index contributed by atoms with van der Waals surface area (Å²) in [6.07, 6.45) is 1.99. The van der Waals surface area contributed by atoms with Crippen molar-refractivity contribution in [3.63, 3.8) is 0 Å². The summed E-state index contributed by atoms with van der Waals surface area (Å²) in [6.45, 7) is 11.4. The second-order valence-electron chi connectivity index (χ2n) is 8.80. The van der Waals surface area contributed by atoms with E-state index in [1.165, 1.54) is 15.9 Å². The van der Waals surface area contributed by atoms with Crippen molar-refractivity contribution in [2.45, 2.75) is 66.7 Å². The molecule has 0 aromatic carbocycles. The molecule has 182 valence electrons. The van der Waals surface area contributed by atoms with Gasteiger partial charge in [-0.2, -0.15) is 0 Å². The van der Waals surface area contributed by atoms with E-state index in [0.717, 1.165) is 52.5 Å². The van der Waals surface area contributed by atoms with Gasteiger partial charge in [0, 0.05) is 4.88 Å². The van der Waals surface area contributed by atoms with Crippen LogP contribution >= 0.6 is 22.7 Å². The summed E-state index contributed by atoms with van der Waals surface area (Å²) in [7, 11) is 0. The first-order valence-electron chi connectivity index (χ1n) is 11.3. The number of anilines is 1. The lowest BCUT2D eigenvalue weighted by Crippen LogP contribution is -2.33. The molecule has 4 rings (SSSR count). The van der Waals surface area contributed by atoms with Crippen LogP contribution in [-0.4, -0.2) is 50.5 Å². The van der Waals surface area contributed by atoms with Crippen molar-refractivity contribution < 1.29 is 14.3 Å². The molecule has 0 saturated carbocycles. The van der Waals surface area contributed by atoms with Crippen LogP contribution in [0.1, 0.15) is 58.3 Å². The lowest BCUT2D eigenvalue weighted by molar-refractivity contribution is -0.116. The number of thiophene rings is 1. The summed E-state index contributed by atoms with van der Waals surface area (Å²) in [5.74, 6) is -0.270. The lowest BCUT2D eigenvalue weighted by Gasteiger charge is -2.18. The van der Waals surface area contributed by atoms with Gasteiger partial charge in [0.25, 0.3) is 5.56 Å². The molecular weight excluding hydrogens is 474 g/mol. The van der Waals surface area contributed by atoms with Gasteiger partial charge in [-0.15, -0.1) is 11.3 Å². The summed E-state index contributed by atoms with van der Waals surface area (Å²) in [4.78, 5) is 52.1. The second kappa shape index (κ2) is 9.93. The van der Waals surface area contributed by atoms with Crippen LogP contribution in [0.3, 0.4) is 0 Å². The van der Waals surface area contributed by atoms with Gasteiger partial charge >= 0.3 is 5.97 Å². The molecule has 1 amide bonds. The highest BCUT2D eigenvalue weighted by Gasteiger charge is 2.23. The third-order valence-electron chi connectivity index (χ3n) is 5.80. The van der Waals surface area contributed by atoms with E-state index in [2.05, 4.69) is 15.2 Å². The quantitative estimate of drug-likeness (QED) is 0.491. The van der Waals surface area contributed by atoms with E-state index in [-0.39, 0.29) is 18.2 Å². The SMILES string of the molecule is Cc1nc(NC(=O)Cn2c(CN3CCCC3)nc3sc(C)c(C)c3c2=O)sc1C(=O)OC(C)C. The molecule has 0 bridgehead atoms. The average molecular weight is 504 g/mol. The fourth-order valence-corrected chi connectivity index (χ4v) is 5.91. The largest absolute Gasteiger partial charge is 0.459 e. The molecule has 11 heteroatoms. The monoisotopic (exact) mass is 503 g/mol. The van der Waals surface area contributed by atoms with Crippen LogP contribution in [0.4, 0.5) is 5.13 Å². The number of carbonyl (C=O) groups is 2. The van der Waals surface area contributed by atoms with Crippen LogP contribution < -0.4 is 10.9 Å². The summed E-state index contributed by atoms with van der Waals surface area (Å²) in [5, 5.41) is 3.61. The molecule has 1 aliphatic rings. The second-order valence-corrected chi connectivity index (χ2v) is 11.0. The third kappa shape index (κ3) is 5.06. The van der Waals surface area contributed by atoms with Gasteiger partial charge in [-0.3, -0.25) is 19.1 Å². The number of hydrogen-bond donors (Lipinski definition) is 1. The number of esters is 1. The van der Waals surface area contributed by atoms with Gasteiger partial charge in [-0.05, 0) is 66.1 Å². The number of nitrogens with zero attached hydrogens (tertiary/aromatic N) is 4. The van der Waals surface area contributed by atoms with E-state index < -0.39 is 11.9 Å². The fraction of sp³-hybridized carbons (Fsp3) is 0.522. The Morgan fingerprint density at radius 2 is 1.82 bits per heavy atom. The first-order chi connectivity index (χ1) is 16.1. The number of nitrogens with one attached hydrogen (secondary N) is 1. The molecule has 1 aliphatic heterocycles. The highest BCUT2D eigenvalue weighted by atomic mass is 32.1. The number of likely N-dealkylation sites (tertiary alicyclic amines) is 1. The molecule has 1 N–H and O–H groups in total. The zero-order valence-electron chi connectivity index (χ0n) is 20.1. The highest BCUT2D eigenvalue weighted by molar-refractivity contribution is 7.18. The lowest BCUT2D eigenvalue weighted by atomic mass is 10.2. The summed E-state index contributed by atoms with van der Waals surface area (Å²) >= 11 is 2.57. The highest BCUT2D eigenvalue weighted by Crippen LogP contribution is 2.27. The number of hydrogen-bond acceptors (Lipinski definition) is 9. The fourth-order valence-electron chi connectivity index (χ4n) is 4.00. The van der Waals surface area contributed by atoms with Crippen molar-refractivity contribution in [3.8, 4) is 0 Å². The Balaban J connectivity index is 1.61. The van der Waals surface area contributed by atoms with Gasteiger partial charge in [0.1, 0.15) is 22.1 Å². The molecule has 4 heterocycles. The van der Waals surface area contributed by atoms with Gasteiger partial charge in [0.05, 0.1) is 23.7 Å². The topological polar surface area (TPSA) is 106 Å².